The van der Waals surface area contributed by atoms with Crippen molar-refractivity contribution in [1.29, 1.82) is 0 Å². The van der Waals surface area contributed by atoms with Crippen molar-refractivity contribution >= 4 is 11.9 Å². The summed E-state index contributed by atoms with van der Waals surface area (Å²) in [7, 11) is 0. The number of nitrogens with two attached hydrogens (primary N) is 1. The maximum Gasteiger partial charge on any atom is 0.333 e. The Labute approximate surface area is 62.2 Å². The van der Waals surface area contributed by atoms with Crippen LogP contribution in [0.2, 0.25) is 0 Å². The van der Waals surface area contributed by atoms with Crippen LogP contribution in [0, 0.1) is 5.92 Å². The van der Waals surface area contributed by atoms with Crippen LogP contribution in [0.1, 0.15) is 0 Å². The van der Waals surface area contributed by atoms with Gasteiger partial charge < -0.3 is 21.1 Å². The highest BCUT2D eigenvalue weighted by Crippen LogP contribution is 2.01. The third-order valence-corrected chi connectivity index (χ3v) is 1.21. The molecule has 0 unspecified atom stereocenters. The van der Waals surface area contributed by atoms with E-state index in [0.29, 0.717) is 0 Å². The molecule has 0 aromatic rings. The molecule has 2 atom stereocenters. The third-order valence-electron chi connectivity index (χ3n) is 1.21. The summed E-state index contributed by atoms with van der Waals surface area (Å²) < 4.78 is 0. The van der Waals surface area contributed by atoms with Gasteiger partial charge in [-0.25, -0.2) is 4.79 Å². The number of carboxylic acids is 2. The summed E-state index contributed by atoms with van der Waals surface area (Å²) in [5.74, 6) is -4.43. The number of carbonyl (C=O) groups is 2. The lowest BCUT2D eigenvalue weighted by Crippen LogP contribution is -2.39. The van der Waals surface area contributed by atoms with E-state index in [2.05, 4.69) is 0 Å². The van der Waals surface area contributed by atoms with E-state index in [4.69, 9.17) is 21.1 Å². The first-order valence-corrected chi connectivity index (χ1v) is 2.84. The Bertz CT molecular complexity index is 168. The fraction of sp³-hybridized carbons (Fsp3) is 0.600. The largest absolute Gasteiger partial charge is 0.481 e. The second-order valence-electron chi connectivity index (χ2n) is 1.96. The van der Waals surface area contributed by atoms with Gasteiger partial charge in [-0.1, -0.05) is 0 Å². The highest BCUT2D eigenvalue weighted by Gasteiger charge is 2.30. The van der Waals surface area contributed by atoms with Crippen LogP contribution in [0.4, 0.5) is 0 Å². The van der Waals surface area contributed by atoms with Gasteiger partial charge in [-0.3, -0.25) is 4.79 Å². The summed E-state index contributed by atoms with van der Waals surface area (Å²) >= 11 is 0. The molecule has 0 rings (SSSR count). The molecule has 0 saturated heterocycles. The van der Waals surface area contributed by atoms with Crippen molar-refractivity contribution < 1.29 is 24.9 Å². The van der Waals surface area contributed by atoms with Crippen LogP contribution in [-0.2, 0) is 9.59 Å². The number of carboxylic acid groups (broad SMARTS) is 2. The number of aliphatic hydroxyl groups excluding tert-OH is 1. The number of aliphatic hydroxyl groups is 1. The zero-order chi connectivity index (χ0) is 9.02. The van der Waals surface area contributed by atoms with E-state index in [-0.39, 0.29) is 0 Å². The van der Waals surface area contributed by atoms with E-state index in [9.17, 15) is 9.59 Å². The highest BCUT2D eigenvalue weighted by molar-refractivity contribution is 5.81. The van der Waals surface area contributed by atoms with Crippen molar-refractivity contribution in [3.63, 3.8) is 0 Å². The molecule has 0 radical (unpaired) electrons. The molecule has 0 amide bonds. The minimum absolute atomic E-state index is 0.400. The Morgan fingerprint density at radius 2 is 1.73 bits per heavy atom. The molecule has 0 heterocycles. The van der Waals surface area contributed by atoms with E-state index in [1.807, 2.05) is 0 Å². The molecule has 0 aliphatic carbocycles. The van der Waals surface area contributed by atoms with E-state index >= 15 is 0 Å². The summed E-state index contributed by atoms with van der Waals surface area (Å²) in [6.45, 7) is -0.400. The Morgan fingerprint density at radius 1 is 1.27 bits per heavy atom. The molecular weight excluding hydrogens is 154 g/mol. The summed E-state index contributed by atoms with van der Waals surface area (Å²) in [6, 6.07) is 0. The SMILES string of the molecule is NC[C@@H](C(=O)O)[C@H](O)C(=O)O. The molecule has 6 nitrogen and oxygen atoms in total. The first-order chi connectivity index (χ1) is 5.00. The van der Waals surface area contributed by atoms with E-state index in [0.717, 1.165) is 0 Å². The number of hydrogen-bond acceptors (Lipinski definition) is 4. The van der Waals surface area contributed by atoms with Crippen LogP contribution in [0.15, 0.2) is 0 Å². The fourth-order valence-corrected chi connectivity index (χ4v) is 0.537. The van der Waals surface area contributed by atoms with Gasteiger partial charge in [0, 0.05) is 6.54 Å². The van der Waals surface area contributed by atoms with Gasteiger partial charge in [0.15, 0.2) is 6.10 Å². The Hall–Kier alpha value is -1.14. The second kappa shape index (κ2) is 3.89. The molecule has 0 bridgehead atoms. The van der Waals surface area contributed by atoms with Crippen LogP contribution in [0.25, 0.3) is 0 Å². The van der Waals surface area contributed by atoms with Gasteiger partial charge in [0.2, 0.25) is 0 Å². The number of aliphatic carboxylic acids is 2. The van der Waals surface area contributed by atoms with Gasteiger partial charge in [0.05, 0.1) is 0 Å². The molecule has 0 aromatic carbocycles. The summed E-state index contributed by atoms with van der Waals surface area (Å²) in [5.41, 5.74) is 4.91. The zero-order valence-corrected chi connectivity index (χ0v) is 5.60. The lowest BCUT2D eigenvalue weighted by Gasteiger charge is -2.11. The van der Waals surface area contributed by atoms with Crippen molar-refractivity contribution in [2.75, 3.05) is 6.54 Å². The van der Waals surface area contributed by atoms with Crippen molar-refractivity contribution in [2.24, 2.45) is 11.7 Å². The summed E-state index contributed by atoms with van der Waals surface area (Å²) in [4.78, 5) is 20.2. The first kappa shape index (κ1) is 9.86. The molecule has 0 aromatic heterocycles. The fourth-order valence-electron chi connectivity index (χ4n) is 0.537. The molecule has 5 N–H and O–H groups in total. The van der Waals surface area contributed by atoms with Crippen LogP contribution in [0.5, 0.6) is 0 Å². The first-order valence-electron chi connectivity index (χ1n) is 2.84. The van der Waals surface area contributed by atoms with Crippen LogP contribution in [-0.4, -0.2) is 39.9 Å². The van der Waals surface area contributed by atoms with Crippen molar-refractivity contribution in [3.05, 3.63) is 0 Å². The molecular formula is C5H9NO5. The standard InChI is InChI=1S/C5H9NO5/c6-1-2(4(8)9)3(7)5(10)11/h2-3,7H,1,6H2,(H,8,9)(H,10,11)/t2-,3+/m1/s1. The van der Waals surface area contributed by atoms with E-state index in [1.54, 1.807) is 0 Å². The zero-order valence-electron chi connectivity index (χ0n) is 5.60. The molecule has 0 fully saturated rings. The van der Waals surface area contributed by atoms with Gasteiger partial charge >= 0.3 is 11.9 Å². The number of rotatable bonds is 4. The molecule has 0 aliphatic rings. The maximum absolute atomic E-state index is 10.2. The normalized spacial score (nSPS) is 15.5. The van der Waals surface area contributed by atoms with Crippen molar-refractivity contribution in [1.82, 2.24) is 0 Å². The Morgan fingerprint density at radius 3 is 1.82 bits per heavy atom. The third kappa shape index (κ3) is 2.52. The van der Waals surface area contributed by atoms with Gasteiger partial charge in [0.1, 0.15) is 5.92 Å². The van der Waals surface area contributed by atoms with Gasteiger partial charge in [-0.05, 0) is 0 Å². The predicted molar refractivity (Wildman–Crippen MR) is 33.8 cm³/mol. The quantitative estimate of drug-likeness (QED) is 0.383. The number of hydrogen-bond donors (Lipinski definition) is 4. The van der Waals surface area contributed by atoms with Crippen LogP contribution >= 0.6 is 0 Å². The molecule has 6 heteroatoms. The minimum Gasteiger partial charge on any atom is -0.481 e. The minimum atomic E-state index is -1.93. The smallest absolute Gasteiger partial charge is 0.333 e. The average molecular weight is 163 g/mol. The average Bonchev–Trinajstić information content (AvgIpc) is 1.88. The topological polar surface area (TPSA) is 121 Å². The maximum atomic E-state index is 10.2. The Balaban J connectivity index is 4.25. The van der Waals surface area contributed by atoms with Crippen LogP contribution < -0.4 is 5.73 Å². The van der Waals surface area contributed by atoms with E-state index < -0.39 is 30.5 Å². The molecule has 0 aliphatic heterocycles. The van der Waals surface area contributed by atoms with Crippen molar-refractivity contribution in [3.8, 4) is 0 Å². The molecule has 11 heavy (non-hydrogen) atoms. The van der Waals surface area contributed by atoms with Crippen LogP contribution in [0.3, 0.4) is 0 Å². The van der Waals surface area contributed by atoms with Gasteiger partial charge in [-0.2, -0.15) is 0 Å². The second-order valence-corrected chi connectivity index (χ2v) is 1.96. The lowest BCUT2D eigenvalue weighted by molar-refractivity contribution is -0.158. The Kier molecular flexibility index (Phi) is 3.49. The molecule has 0 saturated carbocycles. The molecule has 64 valence electrons. The predicted octanol–water partition coefficient (Wildman–Crippen LogP) is -1.91. The summed E-state index contributed by atoms with van der Waals surface area (Å²) in [6.07, 6.45) is -1.93. The monoisotopic (exact) mass is 163 g/mol. The summed E-state index contributed by atoms with van der Waals surface area (Å²) in [5, 5.41) is 25.1. The van der Waals surface area contributed by atoms with Crippen molar-refractivity contribution in [2.45, 2.75) is 6.10 Å². The lowest BCUT2D eigenvalue weighted by atomic mass is 10.0. The van der Waals surface area contributed by atoms with Gasteiger partial charge in [-0.15, -0.1) is 0 Å². The van der Waals surface area contributed by atoms with E-state index in [1.165, 1.54) is 0 Å². The van der Waals surface area contributed by atoms with Gasteiger partial charge in [0.25, 0.3) is 0 Å². The molecule has 0 spiro atoms. The highest BCUT2D eigenvalue weighted by atomic mass is 16.4.